The van der Waals surface area contributed by atoms with Crippen molar-refractivity contribution >= 4 is 11.1 Å². The van der Waals surface area contributed by atoms with Gasteiger partial charge in [-0.25, -0.2) is 0 Å². The Hall–Kier alpha value is -2.56. The fraction of sp³-hybridized carbons (Fsp3) is 0.590. The van der Waals surface area contributed by atoms with Crippen LogP contribution in [-0.4, -0.2) is 34.6 Å². The maximum absolute atomic E-state index is 10.5. The molecule has 6 aliphatic rings. The van der Waals surface area contributed by atoms with Crippen molar-refractivity contribution < 1.29 is 20.1 Å². The number of phenolic OH excluding ortho intramolecular Hbond substituents is 1. The van der Waals surface area contributed by atoms with E-state index in [1.165, 1.54) is 39.8 Å². The third-order valence-corrected chi connectivity index (χ3v) is 13.6. The van der Waals surface area contributed by atoms with Crippen molar-refractivity contribution in [2.75, 3.05) is 7.11 Å². The summed E-state index contributed by atoms with van der Waals surface area (Å²) >= 11 is 0. The number of allylic oxidation sites excluding steroid dienone is 4. The molecule has 0 aromatic heterocycles. The number of benzene rings is 2. The second kappa shape index (κ2) is 9.97. The van der Waals surface area contributed by atoms with Gasteiger partial charge in [0, 0.05) is 10.8 Å². The van der Waals surface area contributed by atoms with Gasteiger partial charge in [-0.3, -0.25) is 0 Å². The highest BCUT2D eigenvalue weighted by Crippen LogP contribution is 2.66. The highest BCUT2D eigenvalue weighted by molar-refractivity contribution is 5.77. The molecule has 0 aliphatic heterocycles. The van der Waals surface area contributed by atoms with Gasteiger partial charge in [0.05, 0.1) is 19.3 Å². The topological polar surface area (TPSA) is 69.9 Å². The lowest BCUT2D eigenvalue weighted by Gasteiger charge is -2.52. The van der Waals surface area contributed by atoms with E-state index >= 15 is 0 Å². The molecule has 8 atom stereocenters. The second-order valence-electron chi connectivity index (χ2n) is 15.6. The molecule has 0 saturated heterocycles. The molecule has 0 amide bonds. The Morgan fingerprint density at radius 1 is 0.674 bits per heavy atom. The number of rotatable bonds is 1. The van der Waals surface area contributed by atoms with Gasteiger partial charge in [0.25, 0.3) is 0 Å². The summed E-state index contributed by atoms with van der Waals surface area (Å²) < 4.78 is 5.39. The first kappa shape index (κ1) is 29.2. The van der Waals surface area contributed by atoms with Crippen LogP contribution in [0.4, 0.5) is 0 Å². The number of hydrogen-bond donors (Lipinski definition) is 3. The summed E-state index contributed by atoms with van der Waals surface area (Å²) in [6.07, 6.45) is 15.2. The number of methoxy groups -OCH3 is 1. The van der Waals surface area contributed by atoms with E-state index in [9.17, 15) is 15.3 Å². The molecule has 0 radical (unpaired) electrons. The zero-order valence-electron chi connectivity index (χ0n) is 26.7. The van der Waals surface area contributed by atoms with Crippen LogP contribution in [0.2, 0.25) is 0 Å². The van der Waals surface area contributed by atoms with Gasteiger partial charge in [0.1, 0.15) is 11.5 Å². The summed E-state index contributed by atoms with van der Waals surface area (Å²) in [5, 5.41) is 30.7. The molecule has 2 saturated carbocycles. The molecule has 0 unspecified atom stereocenters. The van der Waals surface area contributed by atoms with Crippen molar-refractivity contribution in [1.82, 2.24) is 0 Å². The normalized spacial score (nSPS) is 40.3. The van der Waals surface area contributed by atoms with E-state index < -0.39 is 0 Å². The first-order valence-electron chi connectivity index (χ1n) is 16.7. The third-order valence-electron chi connectivity index (χ3n) is 13.6. The molecule has 230 valence electrons. The number of phenols is 1. The van der Waals surface area contributed by atoms with Crippen LogP contribution in [0.15, 0.2) is 48.6 Å². The van der Waals surface area contributed by atoms with Crippen LogP contribution < -0.4 is 4.74 Å². The van der Waals surface area contributed by atoms with Gasteiger partial charge in [-0.05, 0) is 145 Å². The standard InChI is InChI=1S/C20H26O2.C19H24O2/c1-19-10-8-13-12-14(22-3)4-5-15(13)16(19)9-11-20(2)17(19)6-7-18(20)21;1-18-9-7-12-11-13(20)3-4-14(12)15(18)8-10-19(2)16(18)5-6-17(19)21/h4-5,9,12,17-18,21H,6-8,10-11H2,1-3H3;3-4,8,11,16-17,20-21H,5-7,9-10H2,1-2H3/t17-,18-,19+,20-;16-,17-,18+,19-/m00/s1. The number of ether oxygens (including phenoxy) is 1. The number of aliphatic hydroxyl groups excluding tert-OH is 2. The highest BCUT2D eigenvalue weighted by Gasteiger charge is 2.58. The largest absolute Gasteiger partial charge is 0.508 e. The van der Waals surface area contributed by atoms with Crippen molar-refractivity contribution in [1.29, 1.82) is 0 Å². The van der Waals surface area contributed by atoms with Crippen LogP contribution >= 0.6 is 0 Å². The van der Waals surface area contributed by atoms with Crippen LogP contribution in [0, 0.1) is 33.5 Å². The van der Waals surface area contributed by atoms with Gasteiger partial charge in [0.2, 0.25) is 0 Å². The minimum absolute atomic E-state index is 0.0483. The van der Waals surface area contributed by atoms with Crippen LogP contribution in [-0.2, 0) is 12.8 Å². The summed E-state index contributed by atoms with van der Waals surface area (Å²) in [7, 11) is 1.74. The molecule has 4 heteroatoms. The quantitative estimate of drug-likeness (QED) is 0.318. The molecule has 2 aromatic carbocycles. The van der Waals surface area contributed by atoms with Crippen molar-refractivity contribution in [3.63, 3.8) is 0 Å². The molecule has 3 N–H and O–H groups in total. The van der Waals surface area contributed by atoms with Crippen molar-refractivity contribution in [3.05, 3.63) is 70.8 Å². The molecule has 0 heterocycles. The summed E-state index contributed by atoms with van der Waals surface area (Å²) in [6.45, 7) is 9.42. The Kier molecular flexibility index (Phi) is 6.77. The molecule has 2 aromatic rings. The zero-order chi connectivity index (χ0) is 30.4. The lowest BCUT2D eigenvalue weighted by Crippen LogP contribution is -2.45. The van der Waals surface area contributed by atoms with E-state index in [0.717, 1.165) is 63.5 Å². The van der Waals surface area contributed by atoms with Gasteiger partial charge in [-0.2, -0.15) is 0 Å². The molecular formula is C39H50O4. The maximum atomic E-state index is 10.5. The Morgan fingerprint density at radius 3 is 1.67 bits per heavy atom. The lowest BCUT2D eigenvalue weighted by molar-refractivity contribution is 0.00213. The predicted octanol–water partition coefficient (Wildman–Crippen LogP) is 8.12. The molecule has 2 fully saturated rings. The van der Waals surface area contributed by atoms with Crippen molar-refractivity contribution in [3.8, 4) is 11.5 Å². The number of fused-ring (bicyclic) bond motifs is 10. The average Bonchev–Trinajstić information content (AvgIpc) is 3.48. The second-order valence-corrected chi connectivity index (χ2v) is 15.6. The Morgan fingerprint density at radius 2 is 1.16 bits per heavy atom. The van der Waals surface area contributed by atoms with Crippen LogP contribution in [0.25, 0.3) is 11.1 Å². The Balaban J connectivity index is 0.000000140. The zero-order valence-corrected chi connectivity index (χ0v) is 26.7. The van der Waals surface area contributed by atoms with E-state index in [1.807, 2.05) is 12.1 Å². The van der Waals surface area contributed by atoms with Gasteiger partial charge < -0.3 is 20.1 Å². The van der Waals surface area contributed by atoms with E-state index in [0.29, 0.717) is 17.6 Å². The summed E-state index contributed by atoms with van der Waals surface area (Å²) in [5.74, 6) is 2.50. The molecule has 0 bridgehead atoms. The van der Waals surface area contributed by atoms with Gasteiger partial charge >= 0.3 is 0 Å². The fourth-order valence-electron chi connectivity index (χ4n) is 11.0. The minimum atomic E-state index is -0.154. The van der Waals surface area contributed by atoms with Gasteiger partial charge in [0.15, 0.2) is 0 Å². The van der Waals surface area contributed by atoms with E-state index in [2.05, 4.69) is 64.1 Å². The number of hydrogen-bond acceptors (Lipinski definition) is 4. The first-order chi connectivity index (χ1) is 20.4. The predicted molar refractivity (Wildman–Crippen MR) is 173 cm³/mol. The SMILES string of the molecule is COc1ccc2c(c1)CC[C@]1(C)C2=CC[C@@]2(C)[C@H]1CC[C@@H]2O.C[C@]12CC=C3c4ccc(O)cc4CC[C@@]3(C)[C@@H]1CC[C@@H]2O. The molecule has 8 rings (SSSR count). The fourth-order valence-corrected chi connectivity index (χ4v) is 11.0. The third kappa shape index (κ3) is 4.15. The molecular weight excluding hydrogens is 532 g/mol. The molecule has 4 nitrogen and oxygen atoms in total. The number of aryl methyl sites for hydroxylation is 2. The van der Waals surface area contributed by atoms with E-state index in [1.54, 1.807) is 7.11 Å². The van der Waals surface area contributed by atoms with E-state index in [-0.39, 0.29) is 33.9 Å². The summed E-state index contributed by atoms with van der Waals surface area (Å²) in [5.41, 5.74) is 8.93. The monoisotopic (exact) mass is 582 g/mol. The lowest BCUT2D eigenvalue weighted by atomic mass is 9.52. The number of aliphatic hydroxyl groups is 2. The maximum Gasteiger partial charge on any atom is 0.119 e. The van der Waals surface area contributed by atoms with E-state index in [4.69, 9.17) is 4.74 Å². The molecule has 0 spiro atoms. The van der Waals surface area contributed by atoms with Gasteiger partial charge in [-0.1, -0.05) is 52.0 Å². The minimum Gasteiger partial charge on any atom is -0.508 e. The summed E-state index contributed by atoms with van der Waals surface area (Å²) in [6, 6.07) is 12.3. The van der Waals surface area contributed by atoms with Crippen molar-refractivity contribution in [2.45, 2.75) is 104 Å². The molecule has 6 aliphatic carbocycles. The first-order valence-corrected chi connectivity index (χ1v) is 16.7. The Bertz CT molecular complexity index is 1500. The van der Waals surface area contributed by atoms with Gasteiger partial charge in [-0.15, -0.1) is 0 Å². The van der Waals surface area contributed by atoms with Crippen LogP contribution in [0.3, 0.4) is 0 Å². The molecule has 43 heavy (non-hydrogen) atoms. The average molecular weight is 583 g/mol. The van der Waals surface area contributed by atoms with Crippen LogP contribution in [0.1, 0.15) is 101 Å². The Labute approximate surface area is 257 Å². The highest BCUT2D eigenvalue weighted by atomic mass is 16.5. The van der Waals surface area contributed by atoms with Crippen molar-refractivity contribution in [2.24, 2.45) is 33.5 Å². The summed E-state index contributed by atoms with van der Waals surface area (Å²) in [4.78, 5) is 0. The smallest absolute Gasteiger partial charge is 0.119 e. The van der Waals surface area contributed by atoms with Crippen LogP contribution in [0.5, 0.6) is 11.5 Å². The number of aromatic hydroxyl groups is 1.